The van der Waals surface area contributed by atoms with Crippen LogP contribution in [0.3, 0.4) is 0 Å². The van der Waals surface area contributed by atoms with Gasteiger partial charge in [0.15, 0.2) is 17.0 Å². The van der Waals surface area contributed by atoms with Crippen molar-refractivity contribution in [2.45, 2.75) is 13.5 Å². The first kappa shape index (κ1) is 21.9. The van der Waals surface area contributed by atoms with E-state index in [9.17, 15) is 14.0 Å². The van der Waals surface area contributed by atoms with Crippen molar-refractivity contribution in [3.63, 3.8) is 0 Å². The minimum Gasteiger partial charge on any atom is -0.494 e. The Morgan fingerprint density at radius 2 is 1.76 bits per heavy atom. The molecule has 3 aromatic heterocycles. The van der Waals surface area contributed by atoms with Crippen molar-refractivity contribution in [2.24, 2.45) is 14.1 Å². The van der Waals surface area contributed by atoms with Crippen LogP contribution in [0.2, 0.25) is 5.02 Å². The summed E-state index contributed by atoms with van der Waals surface area (Å²) in [7, 11) is 2.96. The van der Waals surface area contributed by atoms with Crippen LogP contribution in [0.25, 0.3) is 28.3 Å². The highest BCUT2D eigenvalue weighted by atomic mass is 35.5. The molecule has 0 amide bonds. The molecular weight excluding hydrogens is 463 g/mol. The molecule has 9 nitrogen and oxygen atoms in total. The zero-order valence-corrected chi connectivity index (χ0v) is 19.4. The molecule has 5 rings (SSSR count). The lowest BCUT2D eigenvalue weighted by Crippen LogP contribution is -2.37. The van der Waals surface area contributed by atoms with Crippen LogP contribution in [-0.4, -0.2) is 34.9 Å². The molecule has 0 saturated heterocycles. The lowest BCUT2D eigenvalue weighted by Gasteiger charge is -2.09. The van der Waals surface area contributed by atoms with Crippen molar-refractivity contribution < 1.29 is 9.13 Å². The summed E-state index contributed by atoms with van der Waals surface area (Å²) in [6, 6.07) is 11.6. The number of hydrogen-bond acceptors (Lipinski definition) is 5. The molecule has 0 unspecified atom stereocenters. The maximum Gasteiger partial charge on any atom is 0.332 e. The van der Waals surface area contributed by atoms with Gasteiger partial charge >= 0.3 is 5.69 Å². The van der Waals surface area contributed by atoms with Gasteiger partial charge in [0, 0.05) is 30.2 Å². The van der Waals surface area contributed by atoms with E-state index in [4.69, 9.17) is 16.3 Å². The van der Waals surface area contributed by atoms with Gasteiger partial charge in [0.25, 0.3) is 5.56 Å². The predicted molar refractivity (Wildman–Crippen MR) is 126 cm³/mol. The molecule has 11 heteroatoms. The Balaban J connectivity index is 1.85. The summed E-state index contributed by atoms with van der Waals surface area (Å²) >= 11 is 6.27. The van der Waals surface area contributed by atoms with E-state index in [1.807, 2.05) is 19.1 Å². The van der Waals surface area contributed by atoms with Gasteiger partial charge in [-0.2, -0.15) is 0 Å². The average Bonchev–Trinajstić information content (AvgIpc) is 3.38. The molecule has 0 spiro atoms. The summed E-state index contributed by atoms with van der Waals surface area (Å²) < 4.78 is 25.7. The van der Waals surface area contributed by atoms with Gasteiger partial charge in [0.1, 0.15) is 11.6 Å². The number of halogens is 2. The van der Waals surface area contributed by atoms with Crippen molar-refractivity contribution in [3.8, 4) is 17.1 Å². The van der Waals surface area contributed by atoms with Crippen LogP contribution >= 0.6 is 11.6 Å². The summed E-state index contributed by atoms with van der Waals surface area (Å²) in [5.41, 5.74) is 0.336. The van der Waals surface area contributed by atoms with Crippen molar-refractivity contribution >= 4 is 28.5 Å². The fourth-order valence-corrected chi connectivity index (χ4v) is 4.32. The smallest absolute Gasteiger partial charge is 0.332 e. The second kappa shape index (κ2) is 8.14. The maximum absolute atomic E-state index is 14.6. The molecule has 0 aliphatic carbocycles. The van der Waals surface area contributed by atoms with E-state index < -0.39 is 17.1 Å². The molecule has 0 bridgehead atoms. The third-order valence-electron chi connectivity index (χ3n) is 5.78. The Bertz CT molecular complexity index is 1660. The lowest BCUT2D eigenvalue weighted by atomic mass is 10.2. The first-order valence-corrected chi connectivity index (χ1v) is 10.9. The molecule has 0 fully saturated rings. The highest BCUT2D eigenvalue weighted by Gasteiger charge is 2.25. The Morgan fingerprint density at radius 3 is 2.44 bits per heavy atom. The molecule has 0 radical (unpaired) electrons. The van der Waals surface area contributed by atoms with Gasteiger partial charge in [0.05, 0.1) is 13.2 Å². The lowest BCUT2D eigenvalue weighted by molar-refractivity contribution is 0.340. The van der Waals surface area contributed by atoms with Gasteiger partial charge in [-0.1, -0.05) is 17.7 Å². The number of ether oxygens (including phenoxy) is 1. The molecule has 3 heterocycles. The van der Waals surface area contributed by atoms with Gasteiger partial charge in [-0.15, -0.1) is 10.2 Å². The van der Waals surface area contributed by atoms with Crippen LogP contribution < -0.4 is 16.0 Å². The summed E-state index contributed by atoms with van der Waals surface area (Å²) in [6.07, 6.45) is 0. The average molecular weight is 483 g/mol. The van der Waals surface area contributed by atoms with Gasteiger partial charge in [-0.25, -0.2) is 13.6 Å². The van der Waals surface area contributed by atoms with E-state index in [0.29, 0.717) is 29.4 Å². The van der Waals surface area contributed by atoms with Crippen molar-refractivity contribution in [1.82, 2.24) is 28.3 Å². The van der Waals surface area contributed by atoms with Gasteiger partial charge in [-0.05, 0) is 43.3 Å². The molecule has 2 aromatic carbocycles. The van der Waals surface area contributed by atoms with Crippen molar-refractivity contribution in [3.05, 3.63) is 79.7 Å². The second-order valence-electron chi connectivity index (χ2n) is 7.78. The summed E-state index contributed by atoms with van der Waals surface area (Å²) in [5.74, 6) is 0.881. The molecular formula is C23H20ClFN6O3. The van der Waals surface area contributed by atoms with E-state index in [2.05, 4.69) is 10.2 Å². The Hall–Kier alpha value is -3.92. The monoisotopic (exact) mass is 482 g/mol. The predicted octanol–water partition coefficient (Wildman–Crippen LogP) is 2.99. The standard InChI is InChI=1S/C23H20ClFN6O3/c1-4-34-14-10-8-13(9-11-14)19-26-27-22-30(12-15-16(24)6-5-7-17(15)25)18-20(31(19)22)28(2)23(33)29(3)21(18)32/h5-11H,4,12H2,1-3H3. The Labute approximate surface area is 197 Å². The molecule has 0 aliphatic rings. The van der Waals surface area contributed by atoms with Crippen molar-refractivity contribution in [1.29, 1.82) is 0 Å². The first-order valence-electron chi connectivity index (χ1n) is 10.5. The number of nitrogens with zero attached hydrogens (tertiary/aromatic N) is 6. The highest BCUT2D eigenvalue weighted by Crippen LogP contribution is 2.28. The fraction of sp³-hybridized carbons (Fsp3) is 0.217. The van der Waals surface area contributed by atoms with E-state index in [0.717, 1.165) is 4.57 Å². The highest BCUT2D eigenvalue weighted by molar-refractivity contribution is 6.31. The summed E-state index contributed by atoms with van der Waals surface area (Å²) in [4.78, 5) is 26.0. The topological polar surface area (TPSA) is 88.3 Å². The van der Waals surface area contributed by atoms with E-state index in [1.54, 1.807) is 29.6 Å². The molecule has 5 aromatic rings. The number of aryl methyl sites for hydroxylation is 1. The van der Waals surface area contributed by atoms with Crippen LogP contribution in [0, 0.1) is 5.82 Å². The minimum atomic E-state index is -0.534. The zero-order chi connectivity index (χ0) is 24.1. The number of rotatable bonds is 5. The van der Waals surface area contributed by atoms with E-state index in [1.165, 1.54) is 28.3 Å². The first-order chi connectivity index (χ1) is 16.3. The normalized spacial score (nSPS) is 11.6. The van der Waals surface area contributed by atoms with Gasteiger partial charge < -0.3 is 4.74 Å². The van der Waals surface area contributed by atoms with Gasteiger partial charge in [0.2, 0.25) is 5.78 Å². The van der Waals surface area contributed by atoms with E-state index in [-0.39, 0.29) is 28.4 Å². The second-order valence-corrected chi connectivity index (χ2v) is 8.19. The Morgan fingerprint density at radius 1 is 1.03 bits per heavy atom. The molecule has 174 valence electrons. The SMILES string of the molecule is CCOc1ccc(-c2nnc3n(Cc4c(F)cccc4Cl)c4c(=O)n(C)c(=O)n(C)c4n23)cc1. The molecule has 0 atom stereocenters. The molecule has 0 saturated carbocycles. The zero-order valence-electron chi connectivity index (χ0n) is 18.6. The maximum atomic E-state index is 14.6. The number of imidazole rings is 1. The molecule has 34 heavy (non-hydrogen) atoms. The van der Waals surface area contributed by atoms with Crippen LogP contribution in [0.15, 0.2) is 52.1 Å². The molecule has 0 aliphatic heterocycles. The third-order valence-corrected chi connectivity index (χ3v) is 6.14. The Kier molecular flexibility index (Phi) is 5.24. The quantitative estimate of drug-likeness (QED) is 0.384. The van der Waals surface area contributed by atoms with Crippen LogP contribution in [0.1, 0.15) is 12.5 Å². The number of hydrogen-bond donors (Lipinski definition) is 0. The van der Waals surface area contributed by atoms with Gasteiger partial charge in [-0.3, -0.25) is 18.5 Å². The molecule has 0 N–H and O–H groups in total. The van der Waals surface area contributed by atoms with Crippen LogP contribution in [0.5, 0.6) is 5.75 Å². The number of aromatic nitrogens is 6. The summed E-state index contributed by atoms with van der Waals surface area (Å²) in [6.45, 7) is 2.35. The number of fused-ring (bicyclic) bond motifs is 3. The van der Waals surface area contributed by atoms with Crippen molar-refractivity contribution in [2.75, 3.05) is 6.61 Å². The van der Waals surface area contributed by atoms with Crippen LogP contribution in [0.4, 0.5) is 4.39 Å². The number of benzene rings is 2. The minimum absolute atomic E-state index is 0.0760. The summed E-state index contributed by atoms with van der Waals surface area (Å²) in [5, 5.41) is 8.84. The largest absolute Gasteiger partial charge is 0.494 e. The fourth-order valence-electron chi connectivity index (χ4n) is 4.10. The van der Waals surface area contributed by atoms with Crippen LogP contribution in [-0.2, 0) is 20.6 Å². The van der Waals surface area contributed by atoms with E-state index >= 15 is 0 Å². The third kappa shape index (κ3) is 3.21.